The lowest BCUT2D eigenvalue weighted by molar-refractivity contribution is 0.135. The van der Waals surface area contributed by atoms with Gasteiger partial charge in [-0.3, -0.25) is 0 Å². The third-order valence-corrected chi connectivity index (χ3v) is 7.74. The Bertz CT molecular complexity index is 1210. The molecule has 0 bridgehead atoms. The van der Waals surface area contributed by atoms with Gasteiger partial charge < -0.3 is 9.64 Å². The molecule has 0 radical (unpaired) electrons. The number of halogens is 1. The molecule has 1 aliphatic rings. The molecule has 1 heterocycles. The summed E-state index contributed by atoms with van der Waals surface area (Å²) in [6, 6.07) is 21.9. The molecule has 1 saturated heterocycles. The number of hydrogen-bond donors (Lipinski definition) is 0. The predicted molar refractivity (Wildman–Crippen MR) is 128 cm³/mol. The van der Waals surface area contributed by atoms with E-state index < -0.39 is 15.8 Å². The molecule has 7 heteroatoms. The van der Waals surface area contributed by atoms with Crippen molar-refractivity contribution < 1.29 is 17.5 Å². The molecule has 0 N–H and O–H groups in total. The van der Waals surface area contributed by atoms with Crippen molar-refractivity contribution in [2.24, 2.45) is 0 Å². The van der Waals surface area contributed by atoms with Crippen LogP contribution in [0.4, 0.5) is 4.39 Å². The normalized spacial score (nSPS) is 15.6. The molecule has 33 heavy (non-hydrogen) atoms. The lowest BCUT2D eigenvalue weighted by Gasteiger charge is -2.31. The summed E-state index contributed by atoms with van der Waals surface area (Å²) in [6.45, 7) is 1.44. The highest BCUT2D eigenvalue weighted by Gasteiger charge is 2.31. The molecule has 0 atom stereocenters. The first kappa shape index (κ1) is 23.4. The Kier molecular flexibility index (Phi) is 7.12. The minimum Gasteiger partial charge on any atom is -0.490 e. The summed E-state index contributed by atoms with van der Waals surface area (Å²) in [7, 11) is 0.254. The number of ether oxygens (including phenoxy) is 1. The van der Waals surface area contributed by atoms with E-state index in [2.05, 4.69) is 37.2 Å². The van der Waals surface area contributed by atoms with Gasteiger partial charge in [0.05, 0.1) is 0 Å². The van der Waals surface area contributed by atoms with Crippen LogP contribution in [0.1, 0.15) is 18.4 Å². The average molecular weight is 469 g/mol. The molecule has 0 saturated carbocycles. The lowest BCUT2D eigenvalue weighted by Crippen LogP contribution is -2.41. The van der Waals surface area contributed by atoms with Crippen LogP contribution in [-0.2, 0) is 16.6 Å². The van der Waals surface area contributed by atoms with E-state index in [9.17, 15) is 12.8 Å². The van der Waals surface area contributed by atoms with Crippen LogP contribution in [0.3, 0.4) is 0 Å². The largest absolute Gasteiger partial charge is 0.490 e. The quantitative estimate of drug-likeness (QED) is 0.501. The fourth-order valence-corrected chi connectivity index (χ4v) is 5.73. The maximum atomic E-state index is 14.0. The number of nitrogens with zero attached hydrogens (tertiary/aromatic N) is 2. The Morgan fingerprint density at radius 1 is 0.970 bits per heavy atom. The number of hydrogen-bond acceptors (Lipinski definition) is 4. The van der Waals surface area contributed by atoms with Gasteiger partial charge in [-0.1, -0.05) is 48.5 Å². The van der Waals surface area contributed by atoms with Crippen molar-refractivity contribution in [1.29, 1.82) is 0 Å². The van der Waals surface area contributed by atoms with Crippen molar-refractivity contribution in [2.45, 2.75) is 30.4 Å². The number of sulfonamides is 1. The van der Waals surface area contributed by atoms with Crippen LogP contribution in [0.2, 0.25) is 0 Å². The van der Waals surface area contributed by atoms with Crippen molar-refractivity contribution in [3.05, 3.63) is 84.2 Å². The standard InChI is InChI=1S/C26H29FN2O3S/c1-28(2)19-21-8-3-4-11-24(21)20-9-7-10-23(18-20)32-22-14-16-29(17-15-22)33(30,31)26-13-6-5-12-25(26)27/h3-13,18,22H,14-17,19H2,1-2H3. The van der Waals surface area contributed by atoms with Crippen molar-refractivity contribution in [3.8, 4) is 16.9 Å². The Labute approximate surface area is 195 Å². The van der Waals surface area contributed by atoms with Crippen molar-refractivity contribution >= 4 is 10.0 Å². The van der Waals surface area contributed by atoms with Crippen LogP contribution in [0.5, 0.6) is 5.75 Å². The molecular weight excluding hydrogens is 439 g/mol. The van der Waals surface area contributed by atoms with Gasteiger partial charge in [0.15, 0.2) is 0 Å². The third kappa shape index (κ3) is 5.43. The molecule has 0 spiro atoms. The zero-order chi connectivity index (χ0) is 23.4. The van der Waals surface area contributed by atoms with Gasteiger partial charge in [0, 0.05) is 19.6 Å². The van der Waals surface area contributed by atoms with E-state index in [0.29, 0.717) is 25.9 Å². The first-order valence-corrected chi connectivity index (χ1v) is 12.5. The van der Waals surface area contributed by atoms with E-state index in [0.717, 1.165) is 17.9 Å². The molecule has 174 valence electrons. The molecule has 1 fully saturated rings. The summed E-state index contributed by atoms with van der Waals surface area (Å²) in [4.78, 5) is 1.87. The van der Waals surface area contributed by atoms with Crippen molar-refractivity contribution in [2.75, 3.05) is 27.2 Å². The van der Waals surface area contributed by atoms with Gasteiger partial charge in [0.2, 0.25) is 10.0 Å². The van der Waals surface area contributed by atoms with Crippen molar-refractivity contribution in [1.82, 2.24) is 9.21 Å². The Morgan fingerprint density at radius 2 is 1.67 bits per heavy atom. The summed E-state index contributed by atoms with van der Waals surface area (Å²) >= 11 is 0. The number of benzene rings is 3. The van der Waals surface area contributed by atoms with E-state index >= 15 is 0 Å². The maximum Gasteiger partial charge on any atom is 0.245 e. The van der Waals surface area contributed by atoms with Gasteiger partial charge in [-0.15, -0.1) is 0 Å². The molecule has 0 amide bonds. The molecule has 1 aliphatic heterocycles. The van der Waals surface area contributed by atoms with Crippen LogP contribution in [-0.4, -0.2) is 50.9 Å². The second-order valence-electron chi connectivity index (χ2n) is 8.57. The van der Waals surface area contributed by atoms with Gasteiger partial charge in [0.1, 0.15) is 22.6 Å². The maximum absolute atomic E-state index is 14.0. The lowest BCUT2D eigenvalue weighted by atomic mass is 9.99. The topological polar surface area (TPSA) is 49.9 Å². The molecule has 4 rings (SSSR count). The van der Waals surface area contributed by atoms with E-state index in [1.165, 1.54) is 39.7 Å². The highest BCUT2D eigenvalue weighted by atomic mass is 32.2. The fourth-order valence-electron chi connectivity index (χ4n) is 4.19. The first-order valence-electron chi connectivity index (χ1n) is 11.1. The van der Waals surface area contributed by atoms with Crippen molar-refractivity contribution in [3.63, 3.8) is 0 Å². The number of rotatable bonds is 7. The molecule has 0 aromatic heterocycles. The summed E-state index contributed by atoms with van der Waals surface area (Å²) in [5.41, 5.74) is 3.50. The Morgan fingerprint density at radius 3 is 2.39 bits per heavy atom. The number of piperidine rings is 1. The van der Waals surface area contributed by atoms with Crippen LogP contribution in [0.15, 0.2) is 77.7 Å². The zero-order valence-corrected chi connectivity index (χ0v) is 19.8. The second-order valence-corrected chi connectivity index (χ2v) is 10.5. The van der Waals surface area contributed by atoms with Crippen LogP contribution in [0, 0.1) is 5.82 Å². The highest BCUT2D eigenvalue weighted by molar-refractivity contribution is 7.89. The fraction of sp³-hybridized carbons (Fsp3) is 0.308. The second kappa shape index (κ2) is 10.0. The van der Waals surface area contributed by atoms with E-state index in [4.69, 9.17) is 4.74 Å². The zero-order valence-electron chi connectivity index (χ0n) is 18.9. The Hall–Kier alpha value is -2.74. The van der Waals surface area contributed by atoms with Gasteiger partial charge in [0.25, 0.3) is 0 Å². The summed E-state index contributed by atoms with van der Waals surface area (Å²) in [6.07, 6.45) is 1.01. The average Bonchev–Trinajstić information content (AvgIpc) is 2.80. The van der Waals surface area contributed by atoms with Gasteiger partial charge in [-0.05, 0) is 67.9 Å². The van der Waals surface area contributed by atoms with E-state index in [1.807, 2.05) is 30.3 Å². The summed E-state index contributed by atoms with van der Waals surface area (Å²) in [5, 5.41) is 0. The highest BCUT2D eigenvalue weighted by Crippen LogP contribution is 2.30. The minimum atomic E-state index is -3.85. The van der Waals surface area contributed by atoms with Gasteiger partial charge in [-0.25, -0.2) is 12.8 Å². The van der Waals surface area contributed by atoms with Crippen LogP contribution < -0.4 is 4.74 Å². The summed E-state index contributed by atoms with van der Waals surface area (Å²) < 4.78 is 47.3. The van der Waals surface area contributed by atoms with E-state index in [-0.39, 0.29) is 11.0 Å². The van der Waals surface area contributed by atoms with E-state index in [1.54, 1.807) is 0 Å². The molecule has 5 nitrogen and oxygen atoms in total. The van der Waals surface area contributed by atoms with Crippen LogP contribution in [0.25, 0.3) is 11.1 Å². The summed E-state index contributed by atoms with van der Waals surface area (Å²) in [5.74, 6) is 0.0461. The smallest absolute Gasteiger partial charge is 0.245 e. The van der Waals surface area contributed by atoms with Crippen LogP contribution >= 0.6 is 0 Å². The minimum absolute atomic E-state index is 0.0932. The Balaban J connectivity index is 1.44. The molecule has 3 aromatic carbocycles. The predicted octanol–water partition coefficient (Wildman–Crippen LogP) is 4.79. The molecule has 0 unspecified atom stereocenters. The molecular formula is C26H29FN2O3S. The molecule has 3 aromatic rings. The first-order chi connectivity index (χ1) is 15.8. The monoisotopic (exact) mass is 468 g/mol. The van der Waals surface area contributed by atoms with Gasteiger partial charge >= 0.3 is 0 Å². The van der Waals surface area contributed by atoms with Gasteiger partial charge in [-0.2, -0.15) is 4.31 Å². The third-order valence-electron chi connectivity index (χ3n) is 5.81. The molecule has 0 aliphatic carbocycles. The SMILES string of the molecule is CN(C)Cc1ccccc1-c1cccc(OC2CCN(S(=O)(=O)c3ccccc3F)CC2)c1.